The first-order chi connectivity index (χ1) is 10.2. The lowest BCUT2D eigenvalue weighted by Crippen LogP contribution is -2.01. The minimum absolute atomic E-state index is 0.408. The Morgan fingerprint density at radius 3 is 2.43 bits per heavy atom. The Hall–Kier alpha value is -1.94. The van der Waals surface area contributed by atoms with Gasteiger partial charge in [0.05, 0.1) is 16.3 Å². The van der Waals surface area contributed by atoms with Crippen LogP contribution in [0.2, 0.25) is 0 Å². The average molecular weight is 305 g/mol. The molecule has 0 aliphatic heterocycles. The van der Waals surface area contributed by atoms with E-state index in [0.717, 1.165) is 29.7 Å². The molecule has 1 aliphatic rings. The summed E-state index contributed by atoms with van der Waals surface area (Å²) in [5, 5.41) is 7.50. The monoisotopic (exact) mass is 304 g/mol. The summed E-state index contributed by atoms with van der Waals surface area (Å²) in [6, 6.07) is 9.63. The van der Waals surface area contributed by atoms with Gasteiger partial charge >= 0.3 is 0 Å². The first kappa shape index (κ1) is 15.4. The largest absolute Gasteiger partial charge is 0.397 e. The molecular weight excluding hydrogens is 284 g/mol. The number of nitrogens with two attached hydrogens (primary N) is 2. The Bertz CT molecular complexity index is 627. The highest BCUT2D eigenvalue weighted by Crippen LogP contribution is 2.45. The van der Waals surface area contributed by atoms with Crippen LogP contribution in [0.5, 0.6) is 0 Å². The topological polar surface area (TPSA) is 80.7 Å². The molecule has 1 aromatic carbocycles. The third-order valence-electron chi connectivity index (χ3n) is 3.35. The minimum atomic E-state index is 0.408. The van der Waals surface area contributed by atoms with Gasteiger partial charge in [-0.2, -0.15) is 5.10 Å². The van der Waals surface area contributed by atoms with E-state index in [1.165, 1.54) is 0 Å². The fraction of sp³-hybridized carbons (Fsp3) is 0.312. The lowest BCUT2D eigenvalue weighted by molar-refractivity contribution is 0.965. The number of rotatable bonds is 3. The predicted octanol–water partition coefficient (Wildman–Crippen LogP) is 3.92. The Balaban J connectivity index is 0.000000774. The number of anilines is 1. The third-order valence-corrected chi connectivity index (χ3v) is 3.74. The second-order valence-corrected chi connectivity index (χ2v) is 5.14. The van der Waals surface area contributed by atoms with Crippen molar-refractivity contribution in [3.8, 4) is 0 Å². The van der Waals surface area contributed by atoms with Gasteiger partial charge in [-0.3, -0.25) is 5.10 Å². The summed E-state index contributed by atoms with van der Waals surface area (Å²) in [4.78, 5) is 0. The molecule has 1 aromatic heterocycles. The van der Waals surface area contributed by atoms with E-state index >= 15 is 0 Å². The SMILES string of the molecule is CC.N/C(=C(/Cl)c1c(N)n[nH]c1C1CC1)c1ccccc1. The fourth-order valence-corrected chi connectivity index (χ4v) is 2.46. The van der Waals surface area contributed by atoms with Crippen LogP contribution < -0.4 is 11.5 Å². The zero-order valence-electron chi connectivity index (χ0n) is 12.4. The van der Waals surface area contributed by atoms with Crippen LogP contribution >= 0.6 is 11.6 Å². The fourth-order valence-electron chi connectivity index (χ4n) is 2.15. The number of nitrogens with one attached hydrogen (secondary N) is 1. The lowest BCUT2D eigenvalue weighted by Gasteiger charge is -2.07. The van der Waals surface area contributed by atoms with Crippen LogP contribution in [0.3, 0.4) is 0 Å². The van der Waals surface area contributed by atoms with E-state index in [4.69, 9.17) is 23.1 Å². The predicted molar refractivity (Wildman–Crippen MR) is 89.6 cm³/mol. The smallest absolute Gasteiger partial charge is 0.154 e. The van der Waals surface area contributed by atoms with Gasteiger partial charge in [0, 0.05) is 11.6 Å². The van der Waals surface area contributed by atoms with Crippen molar-refractivity contribution >= 4 is 28.1 Å². The maximum atomic E-state index is 6.43. The Morgan fingerprint density at radius 1 is 1.24 bits per heavy atom. The number of hydrogen-bond donors (Lipinski definition) is 3. The van der Waals surface area contributed by atoms with Crippen LogP contribution in [0.1, 0.15) is 49.4 Å². The van der Waals surface area contributed by atoms with Crippen LogP contribution in [-0.2, 0) is 0 Å². The molecule has 0 atom stereocenters. The highest BCUT2D eigenvalue weighted by atomic mass is 35.5. The zero-order valence-corrected chi connectivity index (χ0v) is 13.1. The van der Waals surface area contributed by atoms with Crippen molar-refractivity contribution in [2.75, 3.05) is 5.73 Å². The molecule has 0 saturated heterocycles. The molecule has 1 saturated carbocycles. The molecule has 2 aromatic rings. The maximum absolute atomic E-state index is 6.43. The van der Waals surface area contributed by atoms with Crippen LogP contribution in [0.15, 0.2) is 30.3 Å². The van der Waals surface area contributed by atoms with Crippen molar-refractivity contribution in [1.82, 2.24) is 10.2 Å². The summed E-state index contributed by atoms with van der Waals surface area (Å²) < 4.78 is 0. The van der Waals surface area contributed by atoms with E-state index in [9.17, 15) is 0 Å². The minimum Gasteiger partial charge on any atom is -0.397 e. The standard InChI is InChI=1S/C14H15ClN4.C2H6/c15-11(12(16)8-4-2-1-3-5-8)10-13(9-6-7-9)18-19-14(10)17;1-2/h1-5,9H,6-7,16H2,(H3,17,18,19);1-2H3/b12-11+;. The molecule has 3 rings (SSSR count). The van der Waals surface area contributed by atoms with E-state index in [2.05, 4.69) is 10.2 Å². The molecule has 5 heteroatoms. The van der Waals surface area contributed by atoms with Crippen LogP contribution in [-0.4, -0.2) is 10.2 Å². The molecule has 1 heterocycles. The van der Waals surface area contributed by atoms with Crippen molar-refractivity contribution in [3.05, 3.63) is 47.2 Å². The molecule has 0 unspecified atom stereocenters. The van der Waals surface area contributed by atoms with E-state index in [1.54, 1.807) is 0 Å². The second kappa shape index (κ2) is 6.68. The van der Waals surface area contributed by atoms with Gasteiger partial charge in [0.2, 0.25) is 0 Å². The zero-order chi connectivity index (χ0) is 15.4. The number of aromatic nitrogens is 2. The molecule has 4 nitrogen and oxygen atoms in total. The van der Waals surface area contributed by atoms with E-state index < -0.39 is 0 Å². The van der Waals surface area contributed by atoms with Gasteiger partial charge < -0.3 is 11.5 Å². The molecule has 1 aliphatic carbocycles. The number of hydrogen-bond acceptors (Lipinski definition) is 3. The molecule has 21 heavy (non-hydrogen) atoms. The van der Waals surface area contributed by atoms with Gasteiger partial charge in [-0.1, -0.05) is 55.8 Å². The molecule has 5 N–H and O–H groups in total. The highest BCUT2D eigenvalue weighted by Gasteiger charge is 2.30. The summed E-state index contributed by atoms with van der Waals surface area (Å²) in [7, 11) is 0. The van der Waals surface area contributed by atoms with Gasteiger partial charge in [0.25, 0.3) is 0 Å². The quantitative estimate of drug-likeness (QED) is 0.804. The molecule has 0 amide bonds. The van der Waals surface area contributed by atoms with Crippen molar-refractivity contribution in [3.63, 3.8) is 0 Å². The summed E-state index contributed by atoms with van der Waals surface area (Å²) in [5.74, 6) is 0.892. The van der Waals surface area contributed by atoms with Crippen LogP contribution in [0.25, 0.3) is 10.7 Å². The van der Waals surface area contributed by atoms with Crippen LogP contribution in [0, 0.1) is 0 Å². The Kier molecular flexibility index (Phi) is 4.91. The van der Waals surface area contributed by atoms with Crippen molar-refractivity contribution in [2.24, 2.45) is 5.73 Å². The molecule has 0 radical (unpaired) electrons. The molecular formula is C16H21ClN4. The molecule has 0 spiro atoms. The Morgan fingerprint density at radius 2 is 1.86 bits per heavy atom. The molecule has 112 valence electrons. The number of aromatic amines is 1. The van der Waals surface area contributed by atoms with E-state index in [-0.39, 0.29) is 0 Å². The van der Waals surface area contributed by atoms with Crippen molar-refractivity contribution < 1.29 is 0 Å². The molecule has 1 fully saturated rings. The normalized spacial score (nSPS) is 15.0. The second-order valence-electron chi connectivity index (χ2n) is 4.77. The lowest BCUT2D eigenvalue weighted by atomic mass is 10.1. The first-order valence-corrected chi connectivity index (χ1v) is 7.61. The van der Waals surface area contributed by atoms with Gasteiger partial charge in [0.15, 0.2) is 5.82 Å². The van der Waals surface area contributed by atoms with Gasteiger partial charge in [0.1, 0.15) is 0 Å². The third kappa shape index (κ3) is 3.22. The highest BCUT2D eigenvalue weighted by molar-refractivity contribution is 6.53. The van der Waals surface area contributed by atoms with E-state index in [1.807, 2.05) is 44.2 Å². The number of H-pyrrole nitrogens is 1. The van der Waals surface area contributed by atoms with Gasteiger partial charge in [-0.15, -0.1) is 0 Å². The summed E-state index contributed by atoms with van der Waals surface area (Å²) in [6.07, 6.45) is 2.29. The van der Waals surface area contributed by atoms with Crippen LogP contribution in [0.4, 0.5) is 5.82 Å². The summed E-state index contributed by atoms with van der Waals surface area (Å²) in [6.45, 7) is 4.00. The van der Waals surface area contributed by atoms with E-state index in [0.29, 0.717) is 22.5 Å². The number of halogens is 1. The van der Waals surface area contributed by atoms with Crippen molar-refractivity contribution in [2.45, 2.75) is 32.6 Å². The average Bonchev–Trinajstić information content (AvgIpc) is 3.31. The van der Waals surface area contributed by atoms with Gasteiger partial charge in [-0.05, 0) is 18.4 Å². The molecule has 0 bridgehead atoms. The summed E-state index contributed by atoms with van der Waals surface area (Å²) >= 11 is 6.43. The van der Waals surface area contributed by atoms with Gasteiger partial charge in [-0.25, -0.2) is 0 Å². The summed E-state index contributed by atoms with van der Waals surface area (Å²) in [5.41, 5.74) is 15.2. The number of benzene rings is 1. The Labute approximate surface area is 130 Å². The number of nitrogen functional groups attached to an aromatic ring is 1. The first-order valence-electron chi connectivity index (χ1n) is 7.23. The number of nitrogens with zero attached hydrogens (tertiary/aromatic N) is 1. The maximum Gasteiger partial charge on any atom is 0.154 e. The van der Waals surface area contributed by atoms with Crippen molar-refractivity contribution in [1.29, 1.82) is 0 Å².